The molecule has 1 aromatic carbocycles. The molecule has 0 bridgehead atoms. The Balaban J connectivity index is 2.49. The highest BCUT2D eigenvalue weighted by atomic mass is 79.9. The molecule has 108 valence electrons. The number of nitrogens with one attached hydrogen (secondary N) is 1. The molecule has 0 fully saturated rings. The minimum Gasteiger partial charge on any atom is -0.309 e. The summed E-state index contributed by atoms with van der Waals surface area (Å²) < 4.78 is 39.0. The SMILES string of the molecule is CNC(c1ccc(Br)c(C(F)(F)F)c1)c1ccsc1C. The van der Waals surface area contributed by atoms with Gasteiger partial charge in [0.05, 0.1) is 11.6 Å². The van der Waals surface area contributed by atoms with E-state index in [1.54, 1.807) is 24.5 Å². The van der Waals surface area contributed by atoms with E-state index < -0.39 is 11.7 Å². The maximum Gasteiger partial charge on any atom is 0.417 e. The number of thiophene rings is 1. The predicted molar refractivity (Wildman–Crippen MR) is 79.1 cm³/mol. The van der Waals surface area contributed by atoms with Gasteiger partial charge >= 0.3 is 6.18 Å². The summed E-state index contributed by atoms with van der Waals surface area (Å²) in [6.07, 6.45) is -4.36. The van der Waals surface area contributed by atoms with Crippen molar-refractivity contribution in [1.29, 1.82) is 0 Å². The maximum atomic E-state index is 13.0. The number of benzene rings is 1. The fourth-order valence-electron chi connectivity index (χ4n) is 2.14. The van der Waals surface area contributed by atoms with E-state index in [1.807, 2.05) is 18.4 Å². The lowest BCUT2D eigenvalue weighted by atomic mass is 9.98. The van der Waals surface area contributed by atoms with E-state index in [-0.39, 0.29) is 10.5 Å². The van der Waals surface area contributed by atoms with E-state index in [9.17, 15) is 13.2 Å². The van der Waals surface area contributed by atoms with Gasteiger partial charge in [-0.05, 0) is 48.7 Å². The van der Waals surface area contributed by atoms with Crippen LogP contribution in [0.5, 0.6) is 0 Å². The van der Waals surface area contributed by atoms with Gasteiger partial charge in [-0.3, -0.25) is 0 Å². The zero-order valence-electron chi connectivity index (χ0n) is 10.9. The molecule has 1 N–H and O–H groups in total. The van der Waals surface area contributed by atoms with Crippen LogP contribution in [0.25, 0.3) is 0 Å². The van der Waals surface area contributed by atoms with E-state index in [1.165, 1.54) is 12.1 Å². The van der Waals surface area contributed by atoms with Crippen LogP contribution >= 0.6 is 27.3 Å². The molecular formula is C14H13BrF3NS. The van der Waals surface area contributed by atoms with Crippen molar-refractivity contribution in [2.75, 3.05) is 7.05 Å². The molecule has 0 aliphatic rings. The molecule has 1 heterocycles. The van der Waals surface area contributed by atoms with Gasteiger partial charge in [0.1, 0.15) is 0 Å². The number of hydrogen-bond donors (Lipinski definition) is 1. The van der Waals surface area contributed by atoms with Gasteiger partial charge in [0.15, 0.2) is 0 Å². The lowest BCUT2D eigenvalue weighted by Gasteiger charge is -2.19. The van der Waals surface area contributed by atoms with Crippen molar-refractivity contribution in [3.8, 4) is 0 Å². The number of hydrogen-bond acceptors (Lipinski definition) is 2. The summed E-state index contributed by atoms with van der Waals surface area (Å²) in [4.78, 5) is 1.10. The summed E-state index contributed by atoms with van der Waals surface area (Å²) in [7, 11) is 1.75. The molecule has 1 aromatic heterocycles. The van der Waals surface area contributed by atoms with Crippen molar-refractivity contribution in [2.24, 2.45) is 0 Å². The molecule has 6 heteroatoms. The number of rotatable bonds is 3. The highest BCUT2D eigenvalue weighted by Gasteiger charge is 2.33. The Labute approximate surface area is 128 Å². The molecule has 0 aliphatic carbocycles. The fraction of sp³-hybridized carbons (Fsp3) is 0.286. The quantitative estimate of drug-likeness (QED) is 0.795. The minimum atomic E-state index is -4.36. The molecule has 0 aliphatic heterocycles. The first-order valence-corrected chi connectivity index (χ1v) is 7.59. The summed E-state index contributed by atoms with van der Waals surface area (Å²) in [6, 6.07) is 6.05. The lowest BCUT2D eigenvalue weighted by Crippen LogP contribution is -2.19. The average molecular weight is 364 g/mol. The van der Waals surface area contributed by atoms with Crippen LogP contribution in [0.4, 0.5) is 13.2 Å². The molecule has 2 rings (SSSR count). The van der Waals surface area contributed by atoms with Crippen molar-refractivity contribution < 1.29 is 13.2 Å². The number of aryl methyl sites for hydroxylation is 1. The van der Waals surface area contributed by atoms with Crippen LogP contribution in [0.3, 0.4) is 0 Å². The maximum absolute atomic E-state index is 13.0. The normalized spacial score (nSPS) is 13.5. The zero-order chi connectivity index (χ0) is 14.9. The van der Waals surface area contributed by atoms with E-state index in [2.05, 4.69) is 21.2 Å². The van der Waals surface area contributed by atoms with Crippen LogP contribution in [0.2, 0.25) is 0 Å². The molecule has 2 aromatic rings. The zero-order valence-corrected chi connectivity index (χ0v) is 13.3. The predicted octanol–water partition coefficient (Wildman–Crippen LogP) is 5.15. The van der Waals surface area contributed by atoms with E-state index >= 15 is 0 Å². The summed E-state index contributed by atoms with van der Waals surface area (Å²) in [5, 5.41) is 5.03. The first kappa shape index (κ1) is 15.5. The number of alkyl halides is 3. The van der Waals surface area contributed by atoms with E-state index in [0.29, 0.717) is 5.56 Å². The first-order chi connectivity index (χ1) is 9.34. The summed E-state index contributed by atoms with van der Waals surface area (Å²) in [5.41, 5.74) is 0.959. The van der Waals surface area contributed by atoms with Gasteiger partial charge in [0, 0.05) is 9.35 Å². The van der Waals surface area contributed by atoms with Crippen molar-refractivity contribution in [2.45, 2.75) is 19.1 Å². The monoisotopic (exact) mass is 363 g/mol. The third kappa shape index (κ3) is 3.07. The molecule has 1 nitrogen and oxygen atoms in total. The number of halogens is 4. The Kier molecular flexibility index (Phi) is 4.56. The summed E-state index contributed by atoms with van der Waals surface area (Å²) in [6.45, 7) is 1.97. The smallest absolute Gasteiger partial charge is 0.309 e. The van der Waals surface area contributed by atoms with Crippen LogP contribution in [0.1, 0.15) is 27.6 Å². The Morgan fingerprint density at radius 2 is 1.95 bits per heavy atom. The third-order valence-corrected chi connectivity index (χ3v) is 4.68. The van der Waals surface area contributed by atoms with Gasteiger partial charge in [-0.1, -0.05) is 22.0 Å². The van der Waals surface area contributed by atoms with Crippen LogP contribution in [-0.2, 0) is 6.18 Å². The van der Waals surface area contributed by atoms with Crippen LogP contribution in [0, 0.1) is 6.92 Å². The largest absolute Gasteiger partial charge is 0.417 e. The third-order valence-electron chi connectivity index (χ3n) is 3.13. The van der Waals surface area contributed by atoms with Crippen LogP contribution < -0.4 is 5.32 Å². The second kappa shape index (κ2) is 5.87. The van der Waals surface area contributed by atoms with Gasteiger partial charge in [-0.2, -0.15) is 13.2 Å². The van der Waals surface area contributed by atoms with Gasteiger partial charge < -0.3 is 5.32 Å². The van der Waals surface area contributed by atoms with Crippen molar-refractivity contribution in [1.82, 2.24) is 5.32 Å². The Morgan fingerprint density at radius 1 is 1.25 bits per heavy atom. The lowest BCUT2D eigenvalue weighted by molar-refractivity contribution is -0.138. The highest BCUT2D eigenvalue weighted by Crippen LogP contribution is 2.37. The molecule has 0 saturated heterocycles. The minimum absolute atomic E-state index is 0.0608. The molecule has 20 heavy (non-hydrogen) atoms. The first-order valence-electron chi connectivity index (χ1n) is 5.92. The van der Waals surface area contributed by atoms with Crippen molar-refractivity contribution in [3.05, 3.63) is 55.7 Å². The average Bonchev–Trinajstić information content (AvgIpc) is 2.77. The van der Waals surface area contributed by atoms with Crippen LogP contribution in [-0.4, -0.2) is 7.05 Å². The second-order valence-corrected chi connectivity index (χ2v) is 6.37. The van der Waals surface area contributed by atoms with Gasteiger partial charge in [-0.15, -0.1) is 11.3 Å². The molecule has 0 radical (unpaired) electrons. The molecule has 1 unspecified atom stereocenters. The Bertz CT molecular complexity index is 607. The van der Waals surface area contributed by atoms with Crippen molar-refractivity contribution >= 4 is 27.3 Å². The van der Waals surface area contributed by atoms with Gasteiger partial charge in [0.2, 0.25) is 0 Å². The van der Waals surface area contributed by atoms with E-state index in [0.717, 1.165) is 10.4 Å². The molecule has 0 saturated carbocycles. The molecule has 0 amide bonds. The second-order valence-electron chi connectivity index (χ2n) is 4.39. The standard InChI is InChI=1S/C14H13BrF3NS/c1-8-10(5-6-20-8)13(19-2)9-3-4-12(15)11(7-9)14(16,17)18/h3-7,13,19H,1-2H3. The topological polar surface area (TPSA) is 12.0 Å². The molecular weight excluding hydrogens is 351 g/mol. The Morgan fingerprint density at radius 3 is 2.45 bits per heavy atom. The van der Waals surface area contributed by atoms with Crippen molar-refractivity contribution in [3.63, 3.8) is 0 Å². The summed E-state index contributed by atoms with van der Waals surface area (Å²) in [5.74, 6) is 0. The Hall–Kier alpha value is -0.850. The van der Waals surface area contributed by atoms with Gasteiger partial charge in [0.25, 0.3) is 0 Å². The van der Waals surface area contributed by atoms with E-state index in [4.69, 9.17) is 0 Å². The molecule has 1 atom stereocenters. The fourth-order valence-corrected chi connectivity index (χ4v) is 3.35. The highest BCUT2D eigenvalue weighted by molar-refractivity contribution is 9.10. The van der Waals surface area contributed by atoms with Gasteiger partial charge in [-0.25, -0.2) is 0 Å². The molecule has 0 spiro atoms. The van der Waals surface area contributed by atoms with Crippen LogP contribution in [0.15, 0.2) is 34.1 Å². The summed E-state index contributed by atoms with van der Waals surface area (Å²) >= 11 is 4.55.